The summed E-state index contributed by atoms with van der Waals surface area (Å²) in [4.78, 5) is 60.4. The fourth-order valence-corrected chi connectivity index (χ4v) is 12.1. The van der Waals surface area contributed by atoms with E-state index in [1.807, 2.05) is 26.2 Å². The van der Waals surface area contributed by atoms with Crippen molar-refractivity contribution < 1.29 is 75.9 Å². The monoisotopic (exact) mass is 1210 g/mol. The second kappa shape index (κ2) is 23.1. The molecule has 0 bridgehead atoms. The highest BCUT2D eigenvalue weighted by Gasteiger charge is 2.47. The summed E-state index contributed by atoms with van der Waals surface area (Å²) in [5.74, 6) is -0.802. The third-order valence-electron chi connectivity index (χ3n) is 14.8. The van der Waals surface area contributed by atoms with Crippen LogP contribution in [-0.2, 0) is 42.2 Å². The summed E-state index contributed by atoms with van der Waals surface area (Å²) in [6.07, 6.45) is -8.40. The average Bonchev–Trinajstić information content (AvgIpc) is 1.84. The Kier molecular flexibility index (Phi) is 16.5. The van der Waals surface area contributed by atoms with E-state index in [1.54, 1.807) is 58.3 Å². The maximum absolute atomic E-state index is 14.2. The van der Waals surface area contributed by atoms with Crippen molar-refractivity contribution in [1.82, 2.24) is 20.4 Å². The Morgan fingerprint density at radius 3 is 1.24 bits per heavy atom. The van der Waals surface area contributed by atoms with Gasteiger partial charge >= 0.3 is 24.4 Å². The number of amides is 6. The van der Waals surface area contributed by atoms with E-state index >= 15 is 0 Å². The summed E-state index contributed by atoms with van der Waals surface area (Å²) in [5.41, 5.74) is 0.587. The number of halogens is 6. The number of anilines is 2. The van der Waals surface area contributed by atoms with E-state index in [0.29, 0.717) is 52.7 Å². The molecule has 10 rings (SSSR count). The number of alkyl halides is 6. The van der Waals surface area contributed by atoms with Crippen LogP contribution in [0.2, 0.25) is 0 Å². The van der Waals surface area contributed by atoms with E-state index < -0.39 is 89.5 Å². The van der Waals surface area contributed by atoms with Gasteiger partial charge in [-0.3, -0.25) is 28.5 Å². The Balaban J connectivity index is 0.000000409. The van der Waals surface area contributed by atoms with E-state index in [1.165, 1.54) is 48.5 Å². The van der Waals surface area contributed by atoms with Crippen LogP contribution in [0.15, 0.2) is 166 Å². The molecular formula is C58H50F6N9O10S2+. The maximum atomic E-state index is 14.2. The highest BCUT2D eigenvalue weighted by atomic mass is 32.2. The number of carbonyl (C=O) groups is 4. The van der Waals surface area contributed by atoms with Gasteiger partial charge in [-0.15, -0.1) is 0 Å². The molecular weight excluding hydrogens is 1160 g/mol. The van der Waals surface area contributed by atoms with Crippen molar-refractivity contribution in [2.45, 2.75) is 47.1 Å². The van der Waals surface area contributed by atoms with E-state index in [4.69, 9.17) is 9.11 Å². The third kappa shape index (κ3) is 12.7. The van der Waals surface area contributed by atoms with Gasteiger partial charge in [0.05, 0.1) is 121 Å². The molecule has 2 atom stereocenters. The Labute approximate surface area is 482 Å². The van der Waals surface area contributed by atoms with Crippen molar-refractivity contribution in [3.8, 4) is 12.1 Å². The predicted octanol–water partition coefficient (Wildman–Crippen LogP) is 9.09. The lowest BCUT2D eigenvalue weighted by Crippen LogP contribution is -2.47. The van der Waals surface area contributed by atoms with Crippen molar-refractivity contribution in [2.75, 3.05) is 63.2 Å². The number of urea groups is 2. The lowest BCUT2D eigenvalue weighted by atomic mass is 9.94. The van der Waals surface area contributed by atoms with Crippen LogP contribution in [0.4, 0.5) is 47.3 Å². The molecule has 19 nitrogen and oxygen atoms in total. The molecule has 4 N–H and O–H groups in total. The molecule has 4 heterocycles. The highest BCUT2D eigenvalue weighted by molar-refractivity contribution is 7.86. The lowest BCUT2D eigenvalue weighted by Gasteiger charge is -2.34. The molecule has 440 valence electrons. The maximum Gasteiger partial charge on any atom is 0.416 e. The zero-order valence-electron chi connectivity index (χ0n) is 44.9. The molecule has 6 amide bonds. The minimum atomic E-state index is -4.68. The van der Waals surface area contributed by atoms with Gasteiger partial charge in [0.2, 0.25) is 0 Å². The zero-order valence-corrected chi connectivity index (χ0v) is 46.5. The van der Waals surface area contributed by atoms with E-state index in [2.05, 4.69) is 10.6 Å². The standard InChI is InChI=1S/C48H41F6N9O4.C10H8O6S2/c1-63(2,21-5-19-59-27-37-39(43(59)64)41(31-15-11-29(25-55)12-16-31)57-45(66)61(37)35-9-3-7-33(23-35)47(49,50)51)22-6-20-60-28-38-40(44(60)65)42(32-17-13-30(26-56)14-18-32)58-46(67)62(38)36-10-4-8-34(24-36)48(52,53)54;11-17(12,13)9-5-1-3-7-8(9)4-2-6-10(7)18(14,15)16/h3-4,7-18,23-24,41-42H,5-6,19-22,27-28H2,1-2H3,(H-,57,58,66,67);1-6H,(H,11,12,13)(H,14,15,16)/p+1/t41-,42-;/m1./s1. The summed E-state index contributed by atoms with van der Waals surface area (Å²) in [6.45, 7) is 1.47. The quantitative estimate of drug-likeness (QED) is 0.0452. The molecule has 0 aromatic heterocycles. The van der Waals surface area contributed by atoms with Gasteiger partial charge in [-0.25, -0.2) is 9.59 Å². The second-order valence-corrected chi connectivity index (χ2v) is 23.6. The van der Waals surface area contributed by atoms with Crippen molar-refractivity contribution in [3.63, 3.8) is 0 Å². The largest absolute Gasteiger partial charge is 0.416 e. The van der Waals surface area contributed by atoms with Gasteiger partial charge in [0, 0.05) is 36.7 Å². The number of rotatable bonds is 14. The zero-order chi connectivity index (χ0) is 61.6. The molecule has 0 unspecified atom stereocenters. The molecule has 0 saturated carbocycles. The molecule has 85 heavy (non-hydrogen) atoms. The van der Waals surface area contributed by atoms with Crippen molar-refractivity contribution in [2.24, 2.45) is 0 Å². The molecule has 6 aromatic rings. The van der Waals surface area contributed by atoms with Crippen LogP contribution in [0.5, 0.6) is 0 Å². The number of benzene rings is 6. The summed E-state index contributed by atoms with van der Waals surface area (Å²) >= 11 is 0. The molecule has 4 aliphatic rings. The Hall–Kier alpha value is -9.12. The Morgan fingerprint density at radius 2 is 0.906 bits per heavy atom. The fraction of sp³-hybridized carbons (Fsp3) is 0.241. The SMILES string of the molecule is C[N+](C)(CCCN1CC2=C(C1=O)[C@@H](c1ccc(C#N)cc1)NC(=O)N2c1cccc(C(F)(F)F)c1)CCCN1CC2=C(C1=O)[C@@H](c1ccc(C#N)cc1)NC(=O)N2c1cccc(C(F)(F)F)c1.O=S(=O)(O)c1cccc2c(S(=O)(=O)O)cccc12. The van der Waals surface area contributed by atoms with Crippen LogP contribution in [0.1, 0.15) is 58.3 Å². The summed E-state index contributed by atoms with van der Waals surface area (Å²) in [6, 6.07) is 29.5. The van der Waals surface area contributed by atoms with Gasteiger partial charge in [-0.1, -0.05) is 60.7 Å². The van der Waals surface area contributed by atoms with E-state index in [0.717, 1.165) is 46.2 Å². The topological polar surface area (TPSA) is 262 Å². The number of quaternary nitrogens is 1. The molecule has 6 aromatic carbocycles. The Morgan fingerprint density at radius 1 is 0.553 bits per heavy atom. The van der Waals surface area contributed by atoms with Gasteiger partial charge in [0.15, 0.2) is 0 Å². The fourth-order valence-electron chi connectivity index (χ4n) is 10.7. The van der Waals surface area contributed by atoms with Crippen LogP contribution in [-0.4, -0.2) is 117 Å². The van der Waals surface area contributed by atoms with Crippen molar-refractivity contribution in [1.29, 1.82) is 10.5 Å². The van der Waals surface area contributed by atoms with Crippen molar-refractivity contribution >= 4 is 66.3 Å². The lowest BCUT2D eigenvalue weighted by molar-refractivity contribution is -0.890. The molecule has 27 heteroatoms. The van der Waals surface area contributed by atoms with Crippen LogP contribution in [0, 0.1) is 22.7 Å². The number of nitrogens with zero attached hydrogens (tertiary/aromatic N) is 7. The van der Waals surface area contributed by atoms with Crippen LogP contribution in [0.25, 0.3) is 10.8 Å². The minimum Gasteiger partial charge on any atom is -0.333 e. The first kappa shape index (κ1) is 60.5. The molecule has 4 aliphatic heterocycles. The van der Waals surface area contributed by atoms with Gasteiger partial charge in [-0.05, 0) is 83.9 Å². The number of hydrogen-bond donors (Lipinski definition) is 4. The Bertz CT molecular complexity index is 3830. The summed E-state index contributed by atoms with van der Waals surface area (Å²) in [5, 5.41) is 24.3. The van der Waals surface area contributed by atoms with Gasteiger partial charge < -0.3 is 24.9 Å². The van der Waals surface area contributed by atoms with E-state index in [9.17, 15) is 72.9 Å². The molecule has 0 aliphatic carbocycles. The molecule has 0 saturated heterocycles. The number of carbonyl (C=O) groups excluding carboxylic acids is 4. The number of nitriles is 2. The minimum absolute atomic E-state index is 0.0233. The second-order valence-electron chi connectivity index (χ2n) is 20.8. The third-order valence-corrected chi connectivity index (χ3v) is 16.6. The molecule has 0 radical (unpaired) electrons. The first-order valence-electron chi connectivity index (χ1n) is 25.9. The highest BCUT2D eigenvalue weighted by Crippen LogP contribution is 2.43. The average molecular weight is 1210 g/mol. The van der Waals surface area contributed by atoms with Gasteiger partial charge in [-0.2, -0.15) is 53.7 Å². The predicted molar refractivity (Wildman–Crippen MR) is 295 cm³/mol. The summed E-state index contributed by atoms with van der Waals surface area (Å²) < 4.78 is 146. The molecule has 0 spiro atoms. The van der Waals surface area contributed by atoms with Crippen LogP contribution < -0.4 is 20.4 Å². The first-order valence-corrected chi connectivity index (χ1v) is 28.8. The van der Waals surface area contributed by atoms with Crippen LogP contribution in [0.3, 0.4) is 0 Å². The normalized spacial score (nSPS) is 17.5. The van der Waals surface area contributed by atoms with Crippen LogP contribution >= 0.6 is 0 Å². The molecule has 0 fully saturated rings. The number of fused-ring (bicyclic) bond motifs is 1. The number of hydrogen-bond acceptors (Lipinski definition) is 10. The van der Waals surface area contributed by atoms with Gasteiger partial charge in [0.1, 0.15) is 9.79 Å². The van der Waals surface area contributed by atoms with Crippen molar-refractivity contribution in [3.05, 3.63) is 189 Å². The van der Waals surface area contributed by atoms with Gasteiger partial charge in [0.25, 0.3) is 32.1 Å². The first-order chi connectivity index (χ1) is 40.0. The smallest absolute Gasteiger partial charge is 0.333 e. The summed E-state index contributed by atoms with van der Waals surface area (Å²) in [7, 11) is -4.99. The number of nitrogens with one attached hydrogen (secondary N) is 2. The van der Waals surface area contributed by atoms with E-state index in [-0.39, 0.29) is 70.9 Å².